The van der Waals surface area contributed by atoms with Crippen LogP contribution in [0.3, 0.4) is 0 Å². The standard InChI is InChI=1S/C15H27N3O2/c1-4-6-16-12-14-5-7-17-13-15(14)18(8-10-19-2)9-11-20-3/h5,7,13,16H,4,6,8-12H2,1-3H3. The molecule has 5 nitrogen and oxygen atoms in total. The van der Waals surface area contributed by atoms with Gasteiger partial charge in [-0.15, -0.1) is 0 Å². The summed E-state index contributed by atoms with van der Waals surface area (Å²) in [5.74, 6) is 0. The summed E-state index contributed by atoms with van der Waals surface area (Å²) in [7, 11) is 3.45. The molecule has 0 aliphatic carbocycles. The third-order valence-electron chi connectivity index (χ3n) is 3.10. The second-order valence-corrected chi connectivity index (χ2v) is 4.65. The number of nitrogens with one attached hydrogen (secondary N) is 1. The third kappa shape index (κ3) is 5.86. The van der Waals surface area contributed by atoms with E-state index in [9.17, 15) is 0 Å². The van der Waals surface area contributed by atoms with Crippen molar-refractivity contribution >= 4 is 5.69 Å². The molecule has 0 bridgehead atoms. The minimum Gasteiger partial charge on any atom is -0.383 e. The van der Waals surface area contributed by atoms with Gasteiger partial charge < -0.3 is 19.7 Å². The normalized spacial score (nSPS) is 10.8. The van der Waals surface area contributed by atoms with E-state index in [4.69, 9.17) is 9.47 Å². The van der Waals surface area contributed by atoms with Crippen molar-refractivity contribution in [2.24, 2.45) is 0 Å². The zero-order chi connectivity index (χ0) is 14.6. The zero-order valence-corrected chi connectivity index (χ0v) is 12.9. The predicted molar refractivity (Wildman–Crippen MR) is 82.2 cm³/mol. The van der Waals surface area contributed by atoms with Crippen molar-refractivity contribution in [1.82, 2.24) is 10.3 Å². The molecular weight excluding hydrogens is 254 g/mol. The smallest absolute Gasteiger partial charge is 0.0637 e. The molecule has 0 aromatic carbocycles. The molecule has 1 aromatic rings. The molecule has 0 unspecified atom stereocenters. The second kappa shape index (κ2) is 10.6. The average molecular weight is 281 g/mol. The molecule has 1 rings (SSSR count). The molecule has 0 radical (unpaired) electrons. The van der Waals surface area contributed by atoms with Gasteiger partial charge >= 0.3 is 0 Å². The molecule has 0 amide bonds. The van der Waals surface area contributed by atoms with Gasteiger partial charge in [-0.3, -0.25) is 4.98 Å². The van der Waals surface area contributed by atoms with Crippen LogP contribution in [0.25, 0.3) is 0 Å². The van der Waals surface area contributed by atoms with Crippen molar-refractivity contribution in [3.8, 4) is 0 Å². The third-order valence-corrected chi connectivity index (χ3v) is 3.10. The van der Waals surface area contributed by atoms with Crippen molar-refractivity contribution in [3.63, 3.8) is 0 Å². The van der Waals surface area contributed by atoms with Crippen molar-refractivity contribution in [1.29, 1.82) is 0 Å². The van der Waals surface area contributed by atoms with Crippen LogP contribution in [-0.4, -0.2) is 52.1 Å². The Hall–Kier alpha value is -1.17. The highest BCUT2D eigenvalue weighted by atomic mass is 16.5. The molecule has 1 N–H and O–H groups in total. The van der Waals surface area contributed by atoms with Gasteiger partial charge in [-0.1, -0.05) is 6.92 Å². The van der Waals surface area contributed by atoms with Crippen molar-refractivity contribution < 1.29 is 9.47 Å². The maximum atomic E-state index is 5.19. The van der Waals surface area contributed by atoms with Gasteiger partial charge in [0.15, 0.2) is 0 Å². The summed E-state index contributed by atoms with van der Waals surface area (Å²) in [6.07, 6.45) is 4.91. The SMILES string of the molecule is CCCNCc1ccncc1N(CCOC)CCOC. The van der Waals surface area contributed by atoms with Crippen molar-refractivity contribution in [3.05, 3.63) is 24.0 Å². The number of rotatable bonds is 11. The van der Waals surface area contributed by atoms with Gasteiger partial charge in [-0.25, -0.2) is 0 Å². The van der Waals surface area contributed by atoms with Gasteiger partial charge in [0.2, 0.25) is 0 Å². The summed E-state index contributed by atoms with van der Waals surface area (Å²) in [4.78, 5) is 6.53. The van der Waals surface area contributed by atoms with Gasteiger partial charge in [0.05, 0.1) is 25.1 Å². The lowest BCUT2D eigenvalue weighted by Crippen LogP contribution is -2.32. The second-order valence-electron chi connectivity index (χ2n) is 4.65. The Morgan fingerprint density at radius 2 is 1.90 bits per heavy atom. The van der Waals surface area contributed by atoms with Crippen molar-refractivity contribution in [2.45, 2.75) is 19.9 Å². The lowest BCUT2D eigenvalue weighted by molar-refractivity contribution is 0.190. The Morgan fingerprint density at radius 1 is 1.20 bits per heavy atom. The van der Waals surface area contributed by atoms with Crippen LogP contribution in [0.5, 0.6) is 0 Å². The van der Waals surface area contributed by atoms with Crippen LogP contribution in [0.4, 0.5) is 5.69 Å². The number of hydrogen-bond acceptors (Lipinski definition) is 5. The highest BCUT2D eigenvalue weighted by molar-refractivity contribution is 5.51. The topological polar surface area (TPSA) is 46.6 Å². The zero-order valence-electron chi connectivity index (χ0n) is 12.9. The van der Waals surface area contributed by atoms with Crippen molar-refractivity contribution in [2.75, 3.05) is 52.0 Å². The van der Waals surface area contributed by atoms with E-state index in [-0.39, 0.29) is 0 Å². The first-order valence-corrected chi connectivity index (χ1v) is 7.19. The lowest BCUT2D eigenvalue weighted by Gasteiger charge is -2.26. The van der Waals surface area contributed by atoms with Crippen LogP contribution < -0.4 is 10.2 Å². The van der Waals surface area contributed by atoms with E-state index in [1.165, 1.54) is 5.56 Å². The first-order chi connectivity index (χ1) is 9.83. The molecule has 114 valence electrons. The fraction of sp³-hybridized carbons (Fsp3) is 0.667. The Morgan fingerprint density at radius 3 is 2.50 bits per heavy atom. The summed E-state index contributed by atoms with van der Waals surface area (Å²) in [5, 5.41) is 3.44. The summed E-state index contributed by atoms with van der Waals surface area (Å²) in [6, 6.07) is 2.07. The Kier molecular flexibility index (Phi) is 8.95. The maximum absolute atomic E-state index is 5.19. The van der Waals surface area contributed by atoms with E-state index >= 15 is 0 Å². The first kappa shape index (κ1) is 16.9. The van der Waals surface area contributed by atoms with E-state index in [0.717, 1.165) is 38.3 Å². The van der Waals surface area contributed by atoms with Crippen LogP contribution in [0.15, 0.2) is 18.5 Å². The van der Waals surface area contributed by atoms with Crippen LogP contribution in [0.1, 0.15) is 18.9 Å². The summed E-state index contributed by atoms with van der Waals surface area (Å²) < 4.78 is 10.4. The van der Waals surface area contributed by atoms with Crippen LogP contribution in [-0.2, 0) is 16.0 Å². The number of anilines is 1. The fourth-order valence-corrected chi connectivity index (χ4v) is 2.00. The molecule has 0 aliphatic rings. The molecule has 20 heavy (non-hydrogen) atoms. The van der Waals surface area contributed by atoms with Crippen LogP contribution in [0, 0.1) is 0 Å². The number of methoxy groups -OCH3 is 2. The number of hydrogen-bond donors (Lipinski definition) is 1. The minimum absolute atomic E-state index is 0.695. The maximum Gasteiger partial charge on any atom is 0.0637 e. The molecule has 0 aliphatic heterocycles. The number of pyridine rings is 1. The van der Waals surface area contributed by atoms with E-state index < -0.39 is 0 Å². The van der Waals surface area contributed by atoms with E-state index in [1.54, 1.807) is 14.2 Å². The lowest BCUT2D eigenvalue weighted by atomic mass is 10.2. The summed E-state index contributed by atoms with van der Waals surface area (Å²) >= 11 is 0. The Bertz CT molecular complexity index is 353. The van der Waals surface area contributed by atoms with Crippen LogP contribution in [0.2, 0.25) is 0 Å². The molecule has 1 heterocycles. The predicted octanol–water partition coefficient (Wildman–Crippen LogP) is 1.68. The summed E-state index contributed by atoms with van der Waals surface area (Å²) in [5.41, 5.74) is 2.42. The van der Waals surface area contributed by atoms with E-state index in [0.29, 0.717) is 13.2 Å². The van der Waals surface area contributed by atoms with Gasteiger partial charge in [-0.2, -0.15) is 0 Å². The molecule has 1 aromatic heterocycles. The van der Waals surface area contributed by atoms with Gasteiger partial charge in [0.1, 0.15) is 0 Å². The first-order valence-electron chi connectivity index (χ1n) is 7.19. The van der Waals surface area contributed by atoms with Crippen LogP contribution >= 0.6 is 0 Å². The molecule has 0 saturated carbocycles. The van der Waals surface area contributed by atoms with Gasteiger partial charge in [0.25, 0.3) is 0 Å². The largest absolute Gasteiger partial charge is 0.383 e. The van der Waals surface area contributed by atoms with Gasteiger partial charge in [0, 0.05) is 40.1 Å². The molecule has 0 spiro atoms. The van der Waals surface area contributed by atoms with E-state index in [1.807, 2.05) is 12.4 Å². The number of ether oxygens (including phenoxy) is 2. The Balaban J connectivity index is 2.75. The highest BCUT2D eigenvalue weighted by Crippen LogP contribution is 2.18. The van der Waals surface area contributed by atoms with Gasteiger partial charge in [-0.05, 0) is 24.6 Å². The fourth-order valence-electron chi connectivity index (χ4n) is 2.00. The number of nitrogens with zero attached hydrogens (tertiary/aromatic N) is 2. The highest BCUT2D eigenvalue weighted by Gasteiger charge is 2.11. The monoisotopic (exact) mass is 281 g/mol. The molecular formula is C15H27N3O2. The minimum atomic E-state index is 0.695. The quantitative estimate of drug-likeness (QED) is 0.625. The summed E-state index contributed by atoms with van der Waals surface area (Å²) in [6.45, 7) is 7.13. The molecule has 5 heteroatoms. The average Bonchev–Trinajstić information content (AvgIpc) is 2.48. The number of aromatic nitrogens is 1. The molecule has 0 saturated heterocycles. The molecule has 0 fully saturated rings. The Labute approximate surface area is 122 Å². The molecule has 0 atom stereocenters. The van der Waals surface area contributed by atoms with E-state index in [2.05, 4.69) is 28.2 Å².